The van der Waals surface area contributed by atoms with E-state index in [2.05, 4.69) is 15.1 Å². The van der Waals surface area contributed by atoms with E-state index in [-0.39, 0.29) is 22.4 Å². The van der Waals surface area contributed by atoms with E-state index in [1.54, 1.807) is 0 Å². The van der Waals surface area contributed by atoms with E-state index in [1.165, 1.54) is 10.8 Å². The van der Waals surface area contributed by atoms with Gasteiger partial charge >= 0.3 is 0 Å². The van der Waals surface area contributed by atoms with Crippen LogP contribution in [0.15, 0.2) is 18.5 Å². The van der Waals surface area contributed by atoms with Crippen LogP contribution in [0.2, 0.25) is 5.15 Å². The molecular formula is C16H14ClF3N4. The van der Waals surface area contributed by atoms with Gasteiger partial charge in [-0.15, -0.1) is 0 Å². The molecule has 0 saturated heterocycles. The first-order valence-corrected chi connectivity index (χ1v) is 7.83. The molecule has 3 aromatic rings. The highest BCUT2D eigenvalue weighted by Gasteiger charge is 2.24. The van der Waals surface area contributed by atoms with Crippen LogP contribution < -0.4 is 0 Å². The summed E-state index contributed by atoms with van der Waals surface area (Å²) >= 11 is 6.19. The Bertz CT molecular complexity index is 887. The minimum Gasteiger partial charge on any atom is -0.207 e. The molecule has 0 aliphatic heterocycles. The zero-order valence-corrected chi connectivity index (χ0v) is 13.8. The summed E-state index contributed by atoms with van der Waals surface area (Å²) in [5.74, 6) is -2.63. The lowest BCUT2D eigenvalue weighted by Gasteiger charge is -2.16. The quantitative estimate of drug-likeness (QED) is 0.650. The van der Waals surface area contributed by atoms with Crippen LogP contribution in [0.1, 0.15) is 26.0 Å². The van der Waals surface area contributed by atoms with Gasteiger partial charge in [0, 0.05) is 17.7 Å². The van der Waals surface area contributed by atoms with Gasteiger partial charge in [-0.2, -0.15) is 15.1 Å². The van der Waals surface area contributed by atoms with Gasteiger partial charge in [-0.25, -0.2) is 17.7 Å². The molecule has 0 saturated carbocycles. The minimum absolute atomic E-state index is 0.0740. The van der Waals surface area contributed by atoms with Crippen molar-refractivity contribution in [1.82, 2.24) is 19.6 Å². The predicted octanol–water partition coefficient (Wildman–Crippen LogP) is 4.45. The summed E-state index contributed by atoms with van der Waals surface area (Å²) in [4.78, 5) is 8.01. The van der Waals surface area contributed by atoms with Gasteiger partial charge in [0.05, 0.1) is 11.3 Å². The highest BCUT2D eigenvalue weighted by atomic mass is 35.5. The van der Waals surface area contributed by atoms with Crippen LogP contribution in [-0.2, 0) is 6.42 Å². The summed E-state index contributed by atoms with van der Waals surface area (Å²) in [7, 11) is 0. The third-order valence-electron chi connectivity index (χ3n) is 3.97. The predicted molar refractivity (Wildman–Crippen MR) is 84.3 cm³/mol. The molecule has 2 aromatic heterocycles. The van der Waals surface area contributed by atoms with E-state index < -0.39 is 23.0 Å². The SMILES string of the molecule is CCC(C)Cc1c(-c2c(F)cc(F)cc2F)c(Cl)nc2ncnn12. The summed E-state index contributed by atoms with van der Waals surface area (Å²) in [5.41, 5.74) is 0.149. The molecule has 4 nitrogen and oxygen atoms in total. The van der Waals surface area contributed by atoms with Gasteiger partial charge in [-0.1, -0.05) is 31.9 Å². The molecule has 0 spiro atoms. The Kier molecular flexibility index (Phi) is 4.45. The molecule has 126 valence electrons. The van der Waals surface area contributed by atoms with Gasteiger partial charge in [0.2, 0.25) is 0 Å². The van der Waals surface area contributed by atoms with E-state index in [4.69, 9.17) is 11.6 Å². The van der Waals surface area contributed by atoms with E-state index in [1.807, 2.05) is 13.8 Å². The third kappa shape index (κ3) is 2.84. The van der Waals surface area contributed by atoms with Gasteiger partial charge in [-0.3, -0.25) is 0 Å². The van der Waals surface area contributed by atoms with Crippen LogP contribution in [0, 0.1) is 23.4 Å². The van der Waals surface area contributed by atoms with Crippen LogP contribution in [0.5, 0.6) is 0 Å². The second-order valence-corrected chi connectivity index (χ2v) is 6.02. The van der Waals surface area contributed by atoms with Gasteiger partial charge in [0.1, 0.15) is 28.9 Å². The first-order valence-electron chi connectivity index (χ1n) is 7.45. The number of nitrogens with zero attached hydrogens (tertiary/aromatic N) is 4. The lowest BCUT2D eigenvalue weighted by molar-refractivity contribution is 0.537. The number of aromatic nitrogens is 4. The largest absolute Gasteiger partial charge is 0.253 e. The average Bonchev–Trinajstić information content (AvgIpc) is 2.96. The van der Waals surface area contributed by atoms with Gasteiger partial charge < -0.3 is 0 Å². The first-order chi connectivity index (χ1) is 11.4. The van der Waals surface area contributed by atoms with Crippen molar-refractivity contribution in [3.63, 3.8) is 0 Å². The summed E-state index contributed by atoms with van der Waals surface area (Å²) in [6.45, 7) is 4.00. The van der Waals surface area contributed by atoms with Crippen LogP contribution in [-0.4, -0.2) is 19.6 Å². The summed E-state index contributed by atoms with van der Waals surface area (Å²) in [5, 5.41) is 3.98. The summed E-state index contributed by atoms with van der Waals surface area (Å²) < 4.78 is 43.2. The lowest BCUT2D eigenvalue weighted by atomic mass is 9.96. The molecule has 3 rings (SSSR count). The smallest absolute Gasteiger partial charge is 0.207 e. The zero-order chi connectivity index (χ0) is 17.4. The maximum absolute atomic E-state index is 14.3. The van der Waals surface area contributed by atoms with Crippen molar-refractivity contribution in [2.24, 2.45) is 5.92 Å². The average molecular weight is 355 g/mol. The molecule has 1 atom stereocenters. The Hall–Kier alpha value is -2.15. The number of benzene rings is 1. The molecule has 0 amide bonds. The normalized spacial score (nSPS) is 12.8. The van der Waals surface area contributed by atoms with Crippen molar-refractivity contribution < 1.29 is 13.2 Å². The molecule has 8 heteroatoms. The number of halogens is 4. The molecule has 2 heterocycles. The van der Waals surface area contributed by atoms with Gasteiger partial charge in [0.25, 0.3) is 5.78 Å². The van der Waals surface area contributed by atoms with E-state index in [0.29, 0.717) is 24.2 Å². The zero-order valence-electron chi connectivity index (χ0n) is 13.0. The maximum atomic E-state index is 14.3. The Morgan fingerprint density at radius 3 is 2.46 bits per heavy atom. The van der Waals surface area contributed by atoms with Crippen LogP contribution in [0.25, 0.3) is 16.9 Å². The van der Waals surface area contributed by atoms with E-state index >= 15 is 0 Å². The number of rotatable bonds is 4. The number of hydrogen-bond acceptors (Lipinski definition) is 3. The van der Waals surface area contributed by atoms with E-state index in [9.17, 15) is 13.2 Å². The van der Waals surface area contributed by atoms with Gasteiger partial charge in [-0.05, 0) is 12.3 Å². The van der Waals surface area contributed by atoms with Crippen molar-refractivity contribution in [3.8, 4) is 11.1 Å². The molecule has 1 unspecified atom stereocenters. The fourth-order valence-corrected chi connectivity index (χ4v) is 2.84. The highest BCUT2D eigenvalue weighted by molar-refractivity contribution is 6.32. The second-order valence-electron chi connectivity index (χ2n) is 5.66. The summed E-state index contributed by atoms with van der Waals surface area (Å²) in [6.07, 6.45) is 2.61. The van der Waals surface area contributed by atoms with Crippen molar-refractivity contribution in [3.05, 3.63) is 46.8 Å². The molecule has 0 bridgehead atoms. The maximum Gasteiger partial charge on any atom is 0.253 e. The standard InChI is InChI=1S/C16H14ClF3N4/c1-3-8(2)4-12-14(13-10(19)5-9(18)6-11(13)20)15(17)23-16-21-7-22-24(12)16/h5-8H,3-4H2,1-2H3. The van der Waals surface area contributed by atoms with Crippen LogP contribution in [0.3, 0.4) is 0 Å². The highest BCUT2D eigenvalue weighted by Crippen LogP contribution is 2.36. The Labute approximate surface area is 141 Å². The molecular weight excluding hydrogens is 341 g/mol. The number of fused-ring (bicyclic) bond motifs is 1. The van der Waals surface area contributed by atoms with Crippen molar-refractivity contribution >= 4 is 17.4 Å². The Balaban J connectivity index is 2.35. The van der Waals surface area contributed by atoms with E-state index in [0.717, 1.165) is 6.42 Å². The van der Waals surface area contributed by atoms with Crippen molar-refractivity contribution in [2.75, 3.05) is 0 Å². The molecule has 24 heavy (non-hydrogen) atoms. The second kappa shape index (κ2) is 6.39. The number of hydrogen-bond donors (Lipinski definition) is 0. The molecule has 0 radical (unpaired) electrons. The minimum atomic E-state index is -1.04. The van der Waals surface area contributed by atoms with Crippen molar-refractivity contribution in [2.45, 2.75) is 26.7 Å². The molecule has 0 fully saturated rings. The van der Waals surface area contributed by atoms with Crippen LogP contribution in [0.4, 0.5) is 13.2 Å². The first kappa shape index (κ1) is 16.7. The molecule has 0 aliphatic rings. The van der Waals surface area contributed by atoms with Crippen molar-refractivity contribution in [1.29, 1.82) is 0 Å². The van der Waals surface area contributed by atoms with Crippen LogP contribution >= 0.6 is 11.6 Å². The molecule has 0 N–H and O–H groups in total. The lowest BCUT2D eigenvalue weighted by Crippen LogP contribution is -2.11. The Morgan fingerprint density at radius 1 is 1.17 bits per heavy atom. The topological polar surface area (TPSA) is 43.1 Å². The monoisotopic (exact) mass is 354 g/mol. The third-order valence-corrected chi connectivity index (χ3v) is 4.25. The molecule has 0 aliphatic carbocycles. The van der Waals surface area contributed by atoms with Gasteiger partial charge in [0.15, 0.2) is 0 Å². The summed E-state index contributed by atoms with van der Waals surface area (Å²) in [6, 6.07) is 1.24. The fraction of sp³-hybridized carbons (Fsp3) is 0.312. The Morgan fingerprint density at radius 2 is 1.83 bits per heavy atom. The fourth-order valence-electron chi connectivity index (χ4n) is 2.56. The molecule has 1 aromatic carbocycles.